The average molecular weight is 261 g/mol. The van der Waals surface area contributed by atoms with Gasteiger partial charge < -0.3 is 10.8 Å². The van der Waals surface area contributed by atoms with Gasteiger partial charge in [-0.1, -0.05) is 0 Å². The second-order valence-electron chi connectivity index (χ2n) is 6.04. The van der Waals surface area contributed by atoms with E-state index in [-0.39, 0.29) is 18.2 Å². The fourth-order valence-electron chi connectivity index (χ4n) is 3.95. The van der Waals surface area contributed by atoms with Gasteiger partial charge in [0.15, 0.2) is 0 Å². The number of nitrogens with two attached hydrogens (primary N) is 1. The molecule has 1 aromatic rings. The summed E-state index contributed by atoms with van der Waals surface area (Å²) in [4.78, 5) is 6.66. The first kappa shape index (κ1) is 13.0. The zero-order valence-electron chi connectivity index (χ0n) is 11.4. The maximum Gasteiger partial charge on any atom is 0.0570 e. The van der Waals surface area contributed by atoms with E-state index in [1.54, 1.807) is 0 Å². The summed E-state index contributed by atoms with van der Waals surface area (Å²) in [7, 11) is 0. The highest BCUT2D eigenvalue weighted by atomic mass is 16.3. The number of hydrogen-bond acceptors (Lipinski definition) is 4. The molecular formula is C15H23N3O. The van der Waals surface area contributed by atoms with Crippen LogP contribution in [0.2, 0.25) is 0 Å². The van der Waals surface area contributed by atoms with Crippen molar-refractivity contribution in [3.8, 4) is 0 Å². The Morgan fingerprint density at radius 2 is 1.84 bits per heavy atom. The summed E-state index contributed by atoms with van der Waals surface area (Å²) in [6.07, 6.45) is 7.72. The lowest BCUT2D eigenvalue weighted by atomic mass is 9.92. The highest BCUT2D eigenvalue weighted by Crippen LogP contribution is 2.42. The molecule has 4 atom stereocenters. The Morgan fingerprint density at radius 1 is 1.26 bits per heavy atom. The molecule has 0 saturated carbocycles. The summed E-state index contributed by atoms with van der Waals surface area (Å²) in [6, 6.07) is 5.43. The third-order valence-corrected chi connectivity index (χ3v) is 4.63. The Morgan fingerprint density at radius 3 is 2.37 bits per heavy atom. The van der Waals surface area contributed by atoms with Crippen molar-refractivity contribution in [1.29, 1.82) is 0 Å². The molecule has 2 fully saturated rings. The van der Waals surface area contributed by atoms with Crippen LogP contribution < -0.4 is 5.73 Å². The molecule has 2 bridgehead atoms. The van der Waals surface area contributed by atoms with Gasteiger partial charge in [0.2, 0.25) is 0 Å². The SMILES string of the molecule is CC(N)C(c1ccncc1)N1C2CCC1CC(O)C2. The van der Waals surface area contributed by atoms with Crippen LogP contribution in [0.1, 0.15) is 44.2 Å². The van der Waals surface area contributed by atoms with E-state index < -0.39 is 0 Å². The topological polar surface area (TPSA) is 62.4 Å². The Hall–Kier alpha value is -0.970. The van der Waals surface area contributed by atoms with Crippen molar-refractivity contribution in [2.75, 3.05) is 0 Å². The molecule has 0 radical (unpaired) electrons. The standard InChI is InChI=1S/C15H23N3O/c1-10(16)15(11-4-6-17-7-5-11)18-12-2-3-13(18)9-14(19)8-12/h4-7,10,12-15,19H,2-3,8-9,16H2,1H3. The van der Waals surface area contributed by atoms with Crippen molar-refractivity contribution < 1.29 is 5.11 Å². The van der Waals surface area contributed by atoms with Crippen LogP contribution >= 0.6 is 0 Å². The summed E-state index contributed by atoms with van der Waals surface area (Å²) in [5, 5.41) is 9.93. The van der Waals surface area contributed by atoms with Gasteiger partial charge >= 0.3 is 0 Å². The van der Waals surface area contributed by atoms with E-state index in [0.29, 0.717) is 12.1 Å². The number of fused-ring (bicyclic) bond motifs is 2. The van der Waals surface area contributed by atoms with Crippen molar-refractivity contribution in [1.82, 2.24) is 9.88 Å². The third kappa shape index (κ3) is 2.40. The number of nitrogens with zero attached hydrogens (tertiary/aromatic N) is 2. The first-order valence-electron chi connectivity index (χ1n) is 7.28. The summed E-state index contributed by atoms with van der Waals surface area (Å²) < 4.78 is 0. The highest BCUT2D eigenvalue weighted by molar-refractivity contribution is 5.19. The largest absolute Gasteiger partial charge is 0.393 e. The Kier molecular flexibility index (Phi) is 3.56. The summed E-state index contributed by atoms with van der Waals surface area (Å²) in [6.45, 7) is 2.08. The van der Waals surface area contributed by atoms with Gasteiger partial charge in [-0.3, -0.25) is 9.88 Å². The van der Waals surface area contributed by atoms with E-state index in [1.807, 2.05) is 12.4 Å². The maximum atomic E-state index is 9.93. The number of aliphatic hydroxyl groups excluding tert-OH is 1. The zero-order valence-corrected chi connectivity index (χ0v) is 11.4. The quantitative estimate of drug-likeness (QED) is 0.864. The second kappa shape index (κ2) is 5.19. The van der Waals surface area contributed by atoms with Crippen LogP contribution in [0.15, 0.2) is 24.5 Å². The minimum atomic E-state index is -0.125. The van der Waals surface area contributed by atoms with Crippen molar-refractivity contribution >= 4 is 0 Å². The highest BCUT2D eigenvalue weighted by Gasteiger charge is 2.44. The smallest absolute Gasteiger partial charge is 0.0570 e. The molecule has 3 heterocycles. The van der Waals surface area contributed by atoms with Crippen molar-refractivity contribution in [2.45, 2.75) is 62.9 Å². The predicted octanol–water partition coefficient (Wildman–Crippen LogP) is 1.46. The van der Waals surface area contributed by atoms with Crippen LogP contribution in [0.3, 0.4) is 0 Å². The number of piperidine rings is 1. The van der Waals surface area contributed by atoms with Gasteiger partial charge in [0, 0.05) is 30.5 Å². The summed E-state index contributed by atoms with van der Waals surface area (Å²) in [5.41, 5.74) is 7.51. The lowest BCUT2D eigenvalue weighted by Crippen LogP contribution is -2.50. The molecule has 2 aliphatic rings. The normalized spacial score (nSPS) is 34.2. The van der Waals surface area contributed by atoms with Crippen LogP contribution in [0, 0.1) is 0 Å². The molecule has 0 aromatic carbocycles. The van der Waals surface area contributed by atoms with Gasteiger partial charge in [-0.15, -0.1) is 0 Å². The summed E-state index contributed by atoms with van der Waals surface area (Å²) in [5.74, 6) is 0. The minimum absolute atomic E-state index is 0.0840. The van der Waals surface area contributed by atoms with Crippen LogP contribution in [0.5, 0.6) is 0 Å². The Bertz CT molecular complexity index is 409. The van der Waals surface area contributed by atoms with Crippen molar-refractivity contribution in [2.24, 2.45) is 5.73 Å². The molecule has 4 unspecified atom stereocenters. The first-order chi connectivity index (χ1) is 9.16. The number of pyridine rings is 1. The van der Waals surface area contributed by atoms with Crippen molar-refractivity contribution in [3.63, 3.8) is 0 Å². The Labute approximate surface area is 114 Å². The average Bonchev–Trinajstić information content (AvgIpc) is 2.64. The molecule has 4 heteroatoms. The molecule has 0 amide bonds. The maximum absolute atomic E-state index is 9.93. The van der Waals surface area contributed by atoms with E-state index in [0.717, 1.165) is 12.8 Å². The van der Waals surface area contributed by atoms with Crippen LogP contribution in [0.4, 0.5) is 0 Å². The fourth-order valence-corrected chi connectivity index (χ4v) is 3.95. The number of aliphatic hydroxyl groups is 1. The van der Waals surface area contributed by atoms with Crippen LogP contribution in [-0.4, -0.2) is 39.2 Å². The molecule has 19 heavy (non-hydrogen) atoms. The number of rotatable bonds is 3. The van der Waals surface area contributed by atoms with Gasteiger partial charge in [0.1, 0.15) is 0 Å². The lowest BCUT2D eigenvalue weighted by molar-refractivity contribution is 0.00409. The van der Waals surface area contributed by atoms with Crippen LogP contribution in [0.25, 0.3) is 0 Å². The van der Waals surface area contributed by atoms with Gasteiger partial charge in [-0.2, -0.15) is 0 Å². The predicted molar refractivity (Wildman–Crippen MR) is 74.5 cm³/mol. The summed E-state index contributed by atoms with van der Waals surface area (Å²) >= 11 is 0. The molecule has 0 spiro atoms. The monoisotopic (exact) mass is 261 g/mol. The molecule has 1 aromatic heterocycles. The second-order valence-corrected chi connectivity index (χ2v) is 6.04. The van der Waals surface area contributed by atoms with E-state index in [1.165, 1.54) is 18.4 Å². The van der Waals surface area contributed by atoms with Gasteiger partial charge in [0.05, 0.1) is 12.1 Å². The molecule has 3 rings (SSSR count). The van der Waals surface area contributed by atoms with Gasteiger partial charge in [-0.25, -0.2) is 0 Å². The van der Waals surface area contributed by atoms with Crippen LogP contribution in [-0.2, 0) is 0 Å². The molecular weight excluding hydrogens is 238 g/mol. The van der Waals surface area contributed by atoms with Gasteiger partial charge in [0.25, 0.3) is 0 Å². The van der Waals surface area contributed by atoms with Crippen molar-refractivity contribution in [3.05, 3.63) is 30.1 Å². The molecule has 4 nitrogen and oxygen atoms in total. The van der Waals surface area contributed by atoms with E-state index >= 15 is 0 Å². The lowest BCUT2D eigenvalue weighted by Gasteiger charge is -2.44. The number of aromatic nitrogens is 1. The first-order valence-corrected chi connectivity index (χ1v) is 7.28. The molecule has 2 saturated heterocycles. The third-order valence-electron chi connectivity index (χ3n) is 4.63. The molecule has 3 N–H and O–H groups in total. The fraction of sp³-hybridized carbons (Fsp3) is 0.667. The van der Waals surface area contributed by atoms with E-state index in [4.69, 9.17) is 5.73 Å². The van der Waals surface area contributed by atoms with E-state index in [9.17, 15) is 5.11 Å². The molecule has 104 valence electrons. The van der Waals surface area contributed by atoms with Gasteiger partial charge in [-0.05, 0) is 50.3 Å². The zero-order chi connectivity index (χ0) is 13.4. The number of hydrogen-bond donors (Lipinski definition) is 2. The Balaban J connectivity index is 1.90. The molecule has 2 aliphatic heterocycles. The molecule has 0 aliphatic carbocycles. The minimum Gasteiger partial charge on any atom is -0.393 e. The van der Waals surface area contributed by atoms with E-state index in [2.05, 4.69) is 28.9 Å².